The SMILES string of the molecule is CN(C)S(=O)(=O)c1ccc(Cl)c(NC(=O)COc2ccccc2F)c1. The van der Waals surface area contributed by atoms with Gasteiger partial charge in [0, 0.05) is 14.1 Å². The fourth-order valence-electron chi connectivity index (χ4n) is 1.86. The van der Waals surface area contributed by atoms with Crippen LogP contribution in [0.4, 0.5) is 10.1 Å². The number of rotatable bonds is 6. The van der Waals surface area contributed by atoms with E-state index in [1.54, 1.807) is 6.07 Å². The molecule has 1 amide bonds. The first kappa shape index (κ1) is 19.2. The largest absolute Gasteiger partial charge is 0.481 e. The molecule has 6 nitrogen and oxygen atoms in total. The van der Waals surface area contributed by atoms with Crippen LogP contribution < -0.4 is 10.1 Å². The molecule has 0 saturated carbocycles. The minimum atomic E-state index is -3.67. The Labute approximate surface area is 150 Å². The molecule has 134 valence electrons. The molecule has 9 heteroatoms. The molecular weight excluding hydrogens is 371 g/mol. The Hall–Kier alpha value is -2.16. The molecule has 25 heavy (non-hydrogen) atoms. The first-order chi connectivity index (χ1) is 11.7. The highest BCUT2D eigenvalue weighted by Gasteiger charge is 2.19. The summed E-state index contributed by atoms with van der Waals surface area (Å²) in [6, 6.07) is 9.62. The van der Waals surface area contributed by atoms with E-state index in [0.717, 1.165) is 4.31 Å². The van der Waals surface area contributed by atoms with Crippen LogP contribution in [0.3, 0.4) is 0 Å². The molecule has 0 radical (unpaired) electrons. The second-order valence-electron chi connectivity index (χ2n) is 5.20. The first-order valence-electron chi connectivity index (χ1n) is 7.11. The van der Waals surface area contributed by atoms with Crippen molar-refractivity contribution < 1.29 is 22.3 Å². The molecule has 0 aliphatic rings. The van der Waals surface area contributed by atoms with Gasteiger partial charge in [0.25, 0.3) is 5.91 Å². The van der Waals surface area contributed by atoms with Crippen LogP contribution in [0.25, 0.3) is 0 Å². The van der Waals surface area contributed by atoms with Gasteiger partial charge in [-0.25, -0.2) is 17.1 Å². The van der Waals surface area contributed by atoms with E-state index < -0.39 is 28.4 Å². The molecule has 0 saturated heterocycles. The lowest BCUT2D eigenvalue weighted by Gasteiger charge is -2.14. The third-order valence-corrected chi connectivity index (χ3v) is 5.33. The minimum absolute atomic E-state index is 0.0211. The van der Waals surface area contributed by atoms with E-state index in [1.807, 2.05) is 0 Å². The molecule has 0 aliphatic heterocycles. The number of amides is 1. The molecule has 0 bridgehead atoms. The van der Waals surface area contributed by atoms with Gasteiger partial charge in [-0.05, 0) is 30.3 Å². The molecule has 0 heterocycles. The number of nitrogens with one attached hydrogen (secondary N) is 1. The van der Waals surface area contributed by atoms with Crippen molar-refractivity contribution >= 4 is 33.2 Å². The van der Waals surface area contributed by atoms with Crippen LogP contribution in [-0.2, 0) is 14.8 Å². The van der Waals surface area contributed by atoms with Crippen molar-refractivity contribution in [1.29, 1.82) is 0 Å². The molecule has 2 rings (SSSR count). The highest BCUT2D eigenvalue weighted by Crippen LogP contribution is 2.26. The lowest BCUT2D eigenvalue weighted by Crippen LogP contribution is -2.23. The molecular formula is C16H16ClFN2O4S. The zero-order valence-electron chi connectivity index (χ0n) is 13.5. The number of hydrogen-bond donors (Lipinski definition) is 1. The number of carbonyl (C=O) groups is 1. The Bertz CT molecular complexity index is 887. The first-order valence-corrected chi connectivity index (χ1v) is 8.93. The van der Waals surface area contributed by atoms with Gasteiger partial charge in [-0.3, -0.25) is 4.79 Å². The Morgan fingerprint density at radius 3 is 2.56 bits per heavy atom. The summed E-state index contributed by atoms with van der Waals surface area (Å²) in [5, 5.41) is 2.61. The van der Waals surface area contributed by atoms with Crippen LogP contribution in [0.1, 0.15) is 0 Å². The molecule has 2 aromatic carbocycles. The second-order valence-corrected chi connectivity index (χ2v) is 7.76. The number of nitrogens with zero attached hydrogens (tertiary/aromatic N) is 1. The topological polar surface area (TPSA) is 75.7 Å². The number of carbonyl (C=O) groups excluding carboxylic acids is 1. The molecule has 0 aromatic heterocycles. The van der Waals surface area contributed by atoms with Gasteiger partial charge in [0.15, 0.2) is 18.2 Å². The lowest BCUT2D eigenvalue weighted by molar-refractivity contribution is -0.118. The Morgan fingerprint density at radius 1 is 1.24 bits per heavy atom. The average Bonchev–Trinajstić information content (AvgIpc) is 2.55. The van der Waals surface area contributed by atoms with Crippen molar-refractivity contribution in [1.82, 2.24) is 4.31 Å². The van der Waals surface area contributed by atoms with E-state index in [9.17, 15) is 17.6 Å². The van der Waals surface area contributed by atoms with Crippen molar-refractivity contribution in [2.24, 2.45) is 0 Å². The zero-order valence-corrected chi connectivity index (χ0v) is 15.1. The van der Waals surface area contributed by atoms with Gasteiger partial charge in [-0.1, -0.05) is 23.7 Å². The van der Waals surface area contributed by atoms with E-state index >= 15 is 0 Å². The van der Waals surface area contributed by atoms with Crippen molar-refractivity contribution in [3.05, 3.63) is 53.3 Å². The average molecular weight is 387 g/mol. The quantitative estimate of drug-likeness (QED) is 0.828. The highest BCUT2D eigenvalue weighted by atomic mass is 35.5. The maximum Gasteiger partial charge on any atom is 0.262 e. The molecule has 0 unspecified atom stereocenters. The van der Waals surface area contributed by atoms with E-state index in [1.165, 1.54) is 50.5 Å². The van der Waals surface area contributed by atoms with Crippen LogP contribution in [0.15, 0.2) is 47.4 Å². The monoisotopic (exact) mass is 386 g/mol. The van der Waals surface area contributed by atoms with Crippen molar-refractivity contribution in [2.45, 2.75) is 4.90 Å². The molecule has 0 aliphatic carbocycles. The number of halogens is 2. The number of para-hydroxylation sites is 1. The predicted octanol–water partition coefficient (Wildman–Crippen LogP) is 2.75. The molecule has 0 atom stereocenters. The van der Waals surface area contributed by atoms with E-state index in [4.69, 9.17) is 16.3 Å². The summed E-state index contributed by atoms with van der Waals surface area (Å²) in [4.78, 5) is 11.9. The van der Waals surface area contributed by atoms with Crippen LogP contribution in [0, 0.1) is 5.82 Å². The van der Waals surface area contributed by atoms with Crippen LogP contribution in [0.2, 0.25) is 5.02 Å². The fraction of sp³-hybridized carbons (Fsp3) is 0.188. The summed E-state index contributed by atoms with van der Waals surface area (Å²) in [5.74, 6) is -1.26. The van der Waals surface area contributed by atoms with Gasteiger partial charge in [-0.15, -0.1) is 0 Å². The van der Waals surface area contributed by atoms with Gasteiger partial charge in [0.1, 0.15) is 0 Å². The van der Waals surface area contributed by atoms with Gasteiger partial charge in [-0.2, -0.15) is 0 Å². The minimum Gasteiger partial charge on any atom is -0.481 e. The molecule has 1 N–H and O–H groups in total. The Kier molecular flexibility index (Phi) is 5.99. The highest BCUT2D eigenvalue weighted by molar-refractivity contribution is 7.89. The maximum absolute atomic E-state index is 13.4. The number of hydrogen-bond acceptors (Lipinski definition) is 4. The molecule has 2 aromatic rings. The Morgan fingerprint density at radius 2 is 1.92 bits per heavy atom. The van der Waals surface area contributed by atoms with Crippen molar-refractivity contribution in [3.63, 3.8) is 0 Å². The standard InChI is InChI=1S/C16H16ClFN2O4S/c1-20(2)25(22,23)11-7-8-12(17)14(9-11)19-16(21)10-24-15-6-4-3-5-13(15)18/h3-9H,10H2,1-2H3,(H,19,21). The third-order valence-electron chi connectivity index (χ3n) is 3.19. The summed E-state index contributed by atoms with van der Waals surface area (Å²) < 4.78 is 43.8. The number of ether oxygens (including phenoxy) is 1. The van der Waals surface area contributed by atoms with Crippen LogP contribution in [0.5, 0.6) is 5.75 Å². The van der Waals surface area contributed by atoms with Crippen LogP contribution in [-0.4, -0.2) is 39.3 Å². The van der Waals surface area contributed by atoms with Crippen LogP contribution >= 0.6 is 11.6 Å². The predicted molar refractivity (Wildman–Crippen MR) is 92.8 cm³/mol. The maximum atomic E-state index is 13.4. The number of benzene rings is 2. The van der Waals surface area contributed by atoms with Crippen molar-refractivity contribution in [3.8, 4) is 5.75 Å². The summed E-state index contributed by atoms with van der Waals surface area (Å²) >= 11 is 5.99. The number of anilines is 1. The fourth-order valence-corrected chi connectivity index (χ4v) is 2.96. The number of sulfonamides is 1. The van der Waals surface area contributed by atoms with Crippen molar-refractivity contribution in [2.75, 3.05) is 26.0 Å². The molecule has 0 spiro atoms. The second kappa shape index (κ2) is 7.81. The Balaban J connectivity index is 2.12. The van der Waals surface area contributed by atoms with Gasteiger partial charge in [0.2, 0.25) is 10.0 Å². The third kappa shape index (κ3) is 4.68. The zero-order chi connectivity index (χ0) is 18.6. The van der Waals surface area contributed by atoms with E-state index in [-0.39, 0.29) is 21.4 Å². The smallest absolute Gasteiger partial charge is 0.262 e. The lowest BCUT2D eigenvalue weighted by atomic mass is 10.3. The van der Waals surface area contributed by atoms with E-state index in [2.05, 4.69) is 5.32 Å². The van der Waals surface area contributed by atoms with Gasteiger partial charge >= 0.3 is 0 Å². The summed E-state index contributed by atoms with van der Waals surface area (Å²) in [6.45, 7) is -0.456. The van der Waals surface area contributed by atoms with Gasteiger partial charge < -0.3 is 10.1 Å². The summed E-state index contributed by atoms with van der Waals surface area (Å²) in [7, 11) is -0.884. The van der Waals surface area contributed by atoms with Gasteiger partial charge in [0.05, 0.1) is 15.6 Å². The van der Waals surface area contributed by atoms with E-state index in [0.29, 0.717) is 0 Å². The molecule has 0 fully saturated rings. The normalized spacial score (nSPS) is 11.4. The summed E-state index contributed by atoms with van der Waals surface area (Å²) in [6.07, 6.45) is 0. The summed E-state index contributed by atoms with van der Waals surface area (Å²) in [5.41, 5.74) is 0.117.